The summed E-state index contributed by atoms with van der Waals surface area (Å²) in [5.41, 5.74) is 1.36. The highest BCUT2D eigenvalue weighted by Gasteiger charge is 2.00. The summed E-state index contributed by atoms with van der Waals surface area (Å²) in [5, 5.41) is 16.2. The molecule has 0 amide bonds. The number of rotatable bonds is 5. The first-order valence-corrected chi connectivity index (χ1v) is 6.24. The average molecular weight is 241 g/mol. The maximum Gasteiger partial charge on any atom is 0.107 e. The molecule has 2 rings (SSSR count). The third-order valence-electron chi connectivity index (χ3n) is 3.05. The largest absolute Gasteiger partial charge is 0.376 e. The molecule has 18 heavy (non-hydrogen) atoms. The fraction of sp³-hybridized carbons (Fsp3) is 0.267. The Morgan fingerprint density at radius 1 is 1.11 bits per heavy atom. The molecule has 0 aromatic heterocycles. The van der Waals surface area contributed by atoms with Crippen LogP contribution in [0.15, 0.2) is 42.5 Å². The number of nitrogens with one attached hydrogen (secondary N) is 3. The molecule has 3 N–H and O–H groups in total. The summed E-state index contributed by atoms with van der Waals surface area (Å²) in [6.45, 7) is 1.49. The van der Waals surface area contributed by atoms with Crippen LogP contribution >= 0.6 is 0 Å². The SMILES string of the molecule is CNC(=N)CNCCc1cccc2ccccc12. The van der Waals surface area contributed by atoms with Gasteiger partial charge in [0.15, 0.2) is 0 Å². The van der Waals surface area contributed by atoms with Crippen molar-refractivity contribution in [2.45, 2.75) is 6.42 Å². The van der Waals surface area contributed by atoms with Gasteiger partial charge in [-0.2, -0.15) is 0 Å². The number of benzene rings is 2. The molecule has 3 heteroatoms. The molecule has 0 bridgehead atoms. The van der Waals surface area contributed by atoms with Crippen molar-refractivity contribution in [2.75, 3.05) is 20.1 Å². The Bertz CT molecular complexity index is 529. The molecule has 0 aliphatic rings. The zero-order valence-corrected chi connectivity index (χ0v) is 10.7. The van der Waals surface area contributed by atoms with E-state index in [2.05, 4.69) is 53.1 Å². The van der Waals surface area contributed by atoms with Crippen molar-refractivity contribution in [2.24, 2.45) is 0 Å². The molecule has 2 aromatic carbocycles. The molecule has 0 radical (unpaired) electrons. The molecule has 2 aromatic rings. The van der Waals surface area contributed by atoms with E-state index in [1.54, 1.807) is 7.05 Å². The highest BCUT2D eigenvalue weighted by Crippen LogP contribution is 2.18. The summed E-state index contributed by atoms with van der Waals surface area (Å²) in [5.74, 6) is 0.521. The van der Waals surface area contributed by atoms with Gasteiger partial charge in [-0.3, -0.25) is 5.41 Å². The minimum absolute atomic E-state index is 0.521. The molecule has 0 unspecified atom stereocenters. The molecule has 94 valence electrons. The third kappa shape index (κ3) is 3.08. The van der Waals surface area contributed by atoms with E-state index in [0.29, 0.717) is 12.4 Å². The van der Waals surface area contributed by atoms with Crippen molar-refractivity contribution in [1.82, 2.24) is 10.6 Å². The number of likely N-dealkylation sites (N-methyl/N-ethyl adjacent to an activating group) is 1. The van der Waals surface area contributed by atoms with Crippen molar-refractivity contribution in [3.8, 4) is 0 Å². The second kappa shape index (κ2) is 6.17. The van der Waals surface area contributed by atoms with Crippen LogP contribution < -0.4 is 10.6 Å². The quantitative estimate of drug-likeness (QED) is 0.427. The van der Waals surface area contributed by atoms with Crippen LogP contribution in [0.25, 0.3) is 10.8 Å². The fourth-order valence-electron chi connectivity index (χ4n) is 2.04. The van der Waals surface area contributed by atoms with Gasteiger partial charge in [0, 0.05) is 7.05 Å². The molecule has 0 spiro atoms. The first kappa shape index (κ1) is 12.6. The molecule has 0 saturated carbocycles. The number of hydrogen-bond acceptors (Lipinski definition) is 2. The molecular weight excluding hydrogens is 222 g/mol. The van der Waals surface area contributed by atoms with Crippen LogP contribution in [-0.2, 0) is 6.42 Å². The maximum absolute atomic E-state index is 7.48. The van der Waals surface area contributed by atoms with E-state index in [-0.39, 0.29) is 0 Å². The van der Waals surface area contributed by atoms with E-state index in [9.17, 15) is 0 Å². The lowest BCUT2D eigenvalue weighted by molar-refractivity contribution is 0.749. The maximum atomic E-state index is 7.48. The van der Waals surface area contributed by atoms with Crippen LogP contribution in [0.3, 0.4) is 0 Å². The highest BCUT2D eigenvalue weighted by atomic mass is 15.0. The van der Waals surface area contributed by atoms with Gasteiger partial charge in [0.25, 0.3) is 0 Å². The monoisotopic (exact) mass is 241 g/mol. The average Bonchev–Trinajstić information content (AvgIpc) is 2.43. The highest BCUT2D eigenvalue weighted by molar-refractivity contribution is 5.85. The van der Waals surface area contributed by atoms with Crippen LogP contribution in [0.2, 0.25) is 0 Å². The molecule has 0 aliphatic carbocycles. The van der Waals surface area contributed by atoms with Crippen LogP contribution in [0.1, 0.15) is 5.56 Å². The number of fused-ring (bicyclic) bond motifs is 1. The predicted octanol–water partition coefficient (Wildman–Crippen LogP) is 2.17. The Balaban J connectivity index is 1.97. The van der Waals surface area contributed by atoms with E-state index < -0.39 is 0 Å². The first-order valence-electron chi connectivity index (χ1n) is 6.24. The van der Waals surface area contributed by atoms with Gasteiger partial charge in [-0.05, 0) is 29.3 Å². The van der Waals surface area contributed by atoms with Crippen LogP contribution in [0, 0.1) is 5.41 Å². The van der Waals surface area contributed by atoms with Gasteiger partial charge in [0.05, 0.1) is 6.54 Å². The summed E-state index contributed by atoms with van der Waals surface area (Å²) in [7, 11) is 1.77. The van der Waals surface area contributed by atoms with Gasteiger partial charge < -0.3 is 10.6 Å². The van der Waals surface area contributed by atoms with Gasteiger partial charge in [-0.1, -0.05) is 42.5 Å². The minimum atomic E-state index is 0.521. The van der Waals surface area contributed by atoms with Crippen LogP contribution in [0.4, 0.5) is 0 Å². The normalized spacial score (nSPS) is 10.5. The van der Waals surface area contributed by atoms with E-state index >= 15 is 0 Å². The van der Waals surface area contributed by atoms with Gasteiger partial charge in [-0.25, -0.2) is 0 Å². The van der Waals surface area contributed by atoms with Crippen LogP contribution in [-0.4, -0.2) is 26.0 Å². The summed E-state index contributed by atoms with van der Waals surface area (Å²) in [6, 6.07) is 14.9. The summed E-state index contributed by atoms with van der Waals surface area (Å²) >= 11 is 0. The van der Waals surface area contributed by atoms with E-state index in [0.717, 1.165) is 13.0 Å². The summed E-state index contributed by atoms with van der Waals surface area (Å²) in [6.07, 6.45) is 0.984. The zero-order chi connectivity index (χ0) is 12.8. The first-order chi connectivity index (χ1) is 8.81. The Kier molecular flexibility index (Phi) is 4.31. The minimum Gasteiger partial charge on any atom is -0.376 e. The number of hydrogen-bond donors (Lipinski definition) is 3. The summed E-state index contributed by atoms with van der Waals surface area (Å²) < 4.78 is 0. The predicted molar refractivity (Wildman–Crippen MR) is 77.3 cm³/mol. The second-order valence-electron chi connectivity index (χ2n) is 4.29. The van der Waals surface area contributed by atoms with Gasteiger partial charge in [0.2, 0.25) is 0 Å². The van der Waals surface area contributed by atoms with Crippen LogP contribution in [0.5, 0.6) is 0 Å². The summed E-state index contributed by atoms with van der Waals surface area (Å²) in [4.78, 5) is 0. The molecule has 0 atom stereocenters. The van der Waals surface area contributed by atoms with E-state index in [4.69, 9.17) is 5.41 Å². The Hall–Kier alpha value is -1.87. The van der Waals surface area contributed by atoms with Crippen molar-refractivity contribution in [1.29, 1.82) is 5.41 Å². The molecule has 0 aliphatic heterocycles. The lowest BCUT2D eigenvalue weighted by Gasteiger charge is -2.08. The fourth-order valence-corrected chi connectivity index (χ4v) is 2.04. The Morgan fingerprint density at radius 2 is 1.89 bits per heavy atom. The molecule has 0 saturated heterocycles. The second-order valence-corrected chi connectivity index (χ2v) is 4.29. The number of amidine groups is 1. The molecule has 3 nitrogen and oxygen atoms in total. The molecular formula is C15H19N3. The Labute approximate surface area is 108 Å². The molecule has 0 fully saturated rings. The van der Waals surface area contributed by atoms with Crippen molar-refractivity contribution in [3.63, 3.8) is 0 Å². The standard InChI is InChI=1S/C15H19N3/c1-17-15(16)11-18-10-9-13-7-4-6-12-5-2-3-8-14(12)13/h2-8,18H,9-11H2,1H3,(H2,16,17). The smallest absolute Gasteiger partial charge is 0.107 e. The van der Waals surface area contributed by atoms with Crippen molar-refractivity contribution >= 4 is 16.6 Å². The van der Waals surface area contributed by atoms with Crippen molar-refractivity contribution in [3.05, 3.63) is 48.0 Å². The van der Waals surface area contributed by atoms with Gasteiger partial charge in [-0.15, -0.1) is 0 Å². The van der Waals surface area contributed by atoms with E-state index in [1.807, 2.05) is 0 Å². The van der Waals surface area contributed by atoms with E-state index in [1.165, 1.54) is 16.3 Å². The Morgan fingerprint density at radius 3 is 2.72 bits per heavy atom. The van der Waals surface area contributed by atoms with Gasteiger partial charge >= 0.3 is 0 Å². The van der Waals surface area contributed by atoms with Gasteiger partial charge in [0.1, 0.15) is 5.84 Å². The third-order valence-corrected chi connectivity index (χ3v) is 3.05. The topological polar surface area (TPSA) is 47.9 Å². The zero-order valence-electron chi connectivity index (χ0n) is 10.7. The lowest BCUT2D eigenvalue weighted by atomic mass is 10.0. The lowest BCUT2D eigenvalue weighted by Crippen LogP contribution is -2.31. The van der Waals surface area contributed by atoms with Crippen molar-refractivity contribution < 1.29 is 0 Å². The molecule has 0 heterocycles.